The molecule has 3 rings (SSSR count). The van der Waals surface area contributed by atoms with Crippen LogP contribution in [0.4, 0.5) is 5.69 Å². The second-order valence-electron chi connectivity index (χ2n) is 4.86. The fourth-order valence-corrected chi connectivity index (χ4v) is 2.96. The van der Waals surface area contributed by atoms with Crippen molar-refractivity contribution >= 4 is 17.0 Å². The maximum Gasteiger partial charge on any atom is 0.0901 e. The van der Waals surface area contributed by atoms with Gasteiger partial charge >= 0.3 is 0 Å². The van der Waals surface area contributed by atoms with E-state index >= 15 is 0 Å². The number of ether oxygens (including phenoxy) is 1. The topological polar surface area (TPSA) is 34.2 Å². The summed E-state index contributed by atoms with van der Waals surface area (Å²) in [6.07, 6.45) is 2.17. The third-order valence-electron chi connectivity index (χ3n) is 3.37. The number of anilines is 1. The van der Waals surface area contributed by atoms with E-state index in [1.807, 2.05) is 6.92 Å². The molecule has 0 aliphatic carbocycles. The monoisotopic (exact) mass is 274 g/mol. The van der Waals surface area contributed by atoms with Crippen molar-refractivity contribution in [1.82, 2.24) is 4.98 Å². The van der Waals surface area contributed by atoms with Gasteiger partial charge in [0.05, 0.1) is 10.7 Å². The van der Waals surface area contributed by atoms with Crippen LogP contribution in [0.5, 0.6) is 0 Å². The smallest absolute Gasteiger partial charge is 0.0901 e. The molecule has 0 radical (unpaired) electrons. The van der Waals surface area contributed by atoms with E-state index in [4.69, 9.17) is 4.74 Å². The predicted molar refractivity (Wildman–Crippen MR) is 79.8 cm³/mol. The Balaban J connectivity index is 1.75. The van der Waals surface area contributed by atoms with Gasteiger partial charge in [-0.25, -0.2) is 4.98 Å². The van der Waals surface area contributed by atoms with Gasteiger partial charge in [-0.15, -0.1) is 11.3 Å². The van der Waals surface area contributed by atoms with Crippen LogP contribution in [-0.2, 0) is 4.74 Å². The Bertz CT molecular complexity index is 547. The molecule has 1 aliphatic rings. The van der Waals surface area contributed by atoms with Crippen LogP contribution in [0, 0.1) is 6.92 Å². The summed E-state index contributed by atoms with van der Waals surface area (Å²) in [6, 6.07) is 9.04. The summed E-state index contributed by atoms with van der Waals surface area (Å²) in [5.74, 6) is 0. The van der Waals surface area contributed by atoms with Crippen molar-refractivity contribution in [2.45, 2.75) is 25.8 Å². The average Bonchev–Trinajstić information content (AvgIpc) is 2.87. The van der Waals surface area contributed by atoms with Crippen LogP contribution >= 0.6 is 11.3 Å². The highest BCUT2D eigenvalue weighted by atomic mass is 32.1. The Morgan fingerprint density at radius 3 is 2.89 bits per heavy atom. The molecule has 0 atom stereocenters. The number of rotatable bonds is 3. The summed E-state index contributed by atoms with van der Waals surface area (Å²) in [5.41, 5.74) is 3.43. The van der Waals surface area contributed by atoms with E-state index in [1.54, 1.807) is 11.3 Å². The van der Waals surface area contributed by atoms with Gasteiger partial charge in [0, 0.05) is 35.9 Å². The molecule has 4 heteroatoms. The summed E-state index contributed by atoms with van der Waals surface area (Å²) in [4.78, 5) is 4.54. The molecule has 100 valence electrons. The first-order valence-corrected chi connectivity index (χ1v) is 7.56. The molecular formula is C15H18N2OS. The van der Waals surface area contributed by atoms with Crippen molar-refractivity contribution in [1.29, 1.82) is 0 Å². The molecule has 0 saturated carbocycles. The van der Waals surface area contributed by atoms with Crippen molar-refractivity contribution in [2.24, 2.45) is 0 Å². The third kappa shape index (κ3) is 3.14. The van der Waals surface area contributed by atoms with Gasteiger partial charge in [0.15, 0.2) is 0 Å². The zero-order valence-electron chi connectivity index (χ0n) is 11.1. The number of thiazole rings is 1. The highest BCUT2D eigenvalue weighted by molar-refractivity contribution is 7.09. The number of aryl methyl sites for hydroxylation is 1. The first kappa shape index (κ1) is 12.6. The fraction of sp³-hybridized carbons (Fsp3) is 0.400. The highest BCUT2D eigenvalue weighted by Gasteiger charge is 2.13. The quantitative estimate of drug-likeness (QED) is 0.926. The van der Waals surface area contributed by atoms with Crippen molar-refractivity contribution < 1.29 is 4.74 Å². The molecule has 0 unspecified atom stereocenters. The van der Waals surface area contributed by atoms with Gasteiger partial charge in [-0.1, -0.05) is 12.1 Å². The van der Waals surface area contributed by atoms with E-state index in [9.17, 15) is 0 Å². The van der Waals surface area contributed by atoms with Gasteiger partial charge in [-0.2, -0.15) is 0 Å². The molecule has 3 nitrogen and oxygen atoms in total. The lowest BCUT2D eigenvalue weighted by Crippen LogP contribution is -2.27. The zero-order valence-corrected chi connectivity index (χ0v) is 11.9. The minimum atomic E-state index is 0.529. The number of nitrogens with one attached hydrogen (secondary N) is 1. The average molecular weight is 274 g/mol. The van der Waals surface area contributed by atoms with Crippen LogP contribution in [0.25, 0.3) is 11.3 Å². The first-order chi connectivity index (χ1) is 9.31. The van der Waals surface area contributed by atoms with Crippen LogP contribution in [0.3, 0.4) is 0 Å². The van der Waals surface area contributed by atoms with Gasteiger partial charge in [-0.3, -0.25) is 0 Å². The Hall–Kier alpha value is -1.39. The van der Waals surface area contributed by atoms with Gasteiger partial charge < -0.3 is 10.1 Å². The third-order valence-corrected chi connectivity index (χ3v) is 4.14. The highest BCUT2D eigenvalue weighted by Crippen LogP contribution is 2.25. The molecule has 1 aliphatic heterocycles. The zero-order chi connectivity index (χ0) is 13.1. The van der Waals surface area contributed by atoms with E-state index in [0.29, 0.717) is 6.04 Å². The standard InChI is InChI=1S/C15H18N2OS/c1-11-16-15(10-19-11)12-3-2-4-14(9-12)17-13-5-7-18-8-6-13/h2-4,9-10,13,17H,5-8H2,1H3. The summed E-state index contributed by atoms with van der Waals surface area (Å²) in [5, 5.41) is 6.82. The molecule has 0 spiro atoms. The Kier molecular flexibility index (Phi) is 3.80. The van der Waals surface area contributed by atoms with E-state index in [-0.39, 0.29) is 0 Å². The Labute approximate surface area is 117 Å². The summed E-state index contributed by atoms with van der Waals surface area (Å²) in [7, 11) is 0. The molecule has 0 bridgehead atoms. The molecule has 19 heavy (non-hydrogen) atoms. The van der Waals surface area contributed by atoms with E-state index < -0.39 is 0 Å². The van der Waals surface area contributed by atoms with Crippen LogP contribution < -0.4 is 5.32 Å². The molecule has 1 aromatic carbocycles. The number of hydrogen-bond acceptors (Lipinski definition) is 4. The molecule has 2 heterocycles. The number of benzene rings is 1. The molecule has 1 aromatic heterocycles. The van der Waals surface area contributed by atoms with Crippen LogP contribution in [-0.4, -0.2) is 24.2 Å². The van der Waals surface area contributed by atoms with Gasteiger partial charge in [0.1, 0.15) is 0 Å². The number of nitrogens with zero attached hydrogens (tertiary/aromatic N) is 1. The van der Waals surface area contributed by atoms with Gasteiger partial charge in [0.2, 0.25) is 0 Å². The van der Waals surface area contributed by atoms with E-state index in [2.05, 4.69) is 39.9 Å². The molecule has 1 N–H and O–H groups in total. The maximum atomic E-state index is 5.38. The van der Waals surface area contributed by atoms with Crippen molar-refractivity contribution in [3.8, 4) is 11.3 Å². The Morgan fingerprint density at radius 2 is 2.16 bits per heavy atom. The lowest BCUT2D eigenvalue weighted by atomic mass is 10.1. The minimum absolute atomic E-state index is 0.529. The number of aromatic nitrogens is 1. The van der Waals surface area contributed by atoms with Crippen LogP contribution in [0.1, 0.15) is 17.8 Å². The van der Waals surface area contributed by atoms with Crippen molar-refractivity contribution in [3.63, 3.8) is 0 Å². The van der Waals surface area contributed by atoms with E-state index in [0.717, 1.165) is 36.8 Å². The van der Waals surface area contributed by atoms with E-state index in [1.165, 1.54) is 11.3 Å². The molecule has 1 fully saturated rings. The van der Waals surface area contributed by atoms with Gasteiger partial charge in [0.25, 0.3) is 0 Å². The van der Waals surface area contributed by atoms with Gasteiger partial charge in [-0.05, 0) is 31.9 Å². The maximum absolute atomic E-state index is 5.38. The van der Waals surface area contributed by atoms with Crippen molar-refractivity contribution in [3.05, 3.63) is 34.7 Å². The summed E-state index contributed by atoms with van der Waals surface area (Å²) >= 11 is 1.69. The second kappa shape index (κ2) is 5.72. The molecule has 2 aromatic rings. The predicted octanol–water partition coefficient (Wildman–Crippen LogP) is 3.71. The van der Waals surface area contributed by atoms with Crippen LogP contribution in [0.15, 0.2) is 29.6 Å². The largest absolute Gasteiger partial charge is 0.382 e. The van der Waals surface area contributed by atoms with Crippen molar-refractivity contribution in [2.75, 3.05) is 18.5 Å². The SMILES string of the molecule is Cc1nc(-c2cccc(NC3CCOCC3)c2)cs1. The summed E-state index contributed by atoms with van der Waals surface area (Å²) in [6.45, 7) is 3.77. The molecule has 1 saturated heterocycles. The first-order valence-electron chi connectivity index (χ1n) is 6.68. The lowest BCUT2D eigenvalue weighted by Gasteiger charge is -2.24. The van der Waals surface area contributed by atoms with Crippen LogP contribution in [0.2, 0.25) is 0 Å². The number of hydrogen-bond donors (Lipinski definition) is 1. The molecule has 0 amide bonds. The normalized spacial score (nSPS) is 16.5. The lowest BCUT2D eigenvalue weighted by molar-refractivity contribution is 0.0904. The fourth-order valence-electron chi connectivity index (χ4n) is 2.34. The second-order valence-corrected chi connectivity index (χ2v) is 5.93. The Morgan fingerprint density at radius 1 is 1.32 bits per heavy atom. The minimum Gasteiger partial charge on any atom is -0.382 e. The molecular weight excluding hydrogens is 256 g/mol. The summed E-state index contributed by atoms with van der Waals surface area (Å²) < 4.78 is 5.38.